The molecule has 1 fully saturated rings. The van der Waals surface area contributed by atoms with Gasteiger partial charge in [0.15, 0.2) is 11.5 Å². The minimum atomic E-state index is -0.0604. The van der Waals surface area contributed by atoms with Crippen LogP contribution in [0.3, 0.4) is 0 Å². The number of hydrogen-bond acceptors (Lipinski definition) is 4. The van der Waals surface area contributed by atoms with Gasteiger partial charge in [0.2, 0.25) is 5.91 Å². The summed E-state index contributed by atoms with van der Waals surface area (Å²) in [6, 6.07) is 4.80. The van der Waals surface area contributed by atoms with Crippen LogP contribution in [0.1, 0.15) is 25.7 Å². The average Bonchev–Trinajstić information content (AvgIpc) is 2.34. The molecule has 0 aromatic heterocycles. The third-order valence-electron chi connectivity index (χ3n) is 3.85. The van der Waals surface area contributed by atoms with Crippen LogP contribution < -0.4 is 15.8 Å². The van der Waals surface area contributed by atoms with Gasteiger partial charge in [-0.15, -0.1) is 0 Å². The Bertz CT molecular complexity index is 464. The van der Waals surface area contributed by atoms with Crippen molar-refractivity contribution < 1.29 is 14.6 Å². The Morgan fingerprint density at radius 1 is 1.53 bits per heavy atom. The maximum Gasteiger partial charge on any atom is 0.224 e. The van der Waals surface area contributed by atoms with E-state index in [1.165, 1.54) is 13.2 Å². The lowest BCUT2D eigenvalue weighted by Crippen LogP contribution is -2.40. The first-order valence-corrected chi connectivity index (χ1v) is 6.45. The number of carbonyl (C=O) groups is 1. The van der Waals surface area contributed by atoms with E-state index in [2.05, 4.69) is 5.32 Å². The van der Waals surface area contributed by atoms with Crippen LogP contribution in [0, 0.1) is 5.41 Å². The molecule has 0 bridgehead atoms. The third kappa shape index (κ3) is 2.98. The monoisotopic (exact) mass is 264 g/mol. The van der Waals surface area contributed by atoms with E-state index in [1.54, 1.807) is 12.1 Å². The van der Waals surface area contributed by atoms with Gasteiger partial charge in [-0.05, 0) is 36.9 Å². The summed E-state index contributed by atoms with van der Waals surface area (Å²) in [5.74, 6) is 0.336. The van der Waals surface area contributed by atoms with Crippen molar-refractivity contribution in [3.8, 4) is 11.5 Å². The molecule has 0 saturated heterocycles. The molecule has 0 radical (unpaired) electrons. The zero-order chi connectivity index (χ0) is 13.9. The highest BCUT2D eigenvalue weighted by Crippen LogP contribution is 2.43. The molecule has 104 valence electrons. The minimum absolute atomic E-state index is 0.0116. The molecule has 1 aromatic rings. The molecular weight excluding hydrogens is 244 g/mol. The fourth-order valence-corrected chi connectivity index (χ4v) is 2.44. The molecule has 1 aliphatic rings. The SMILES string of the molecule is COc1ccc(NC(=O)CC2(CN)CCC2)cc1O. The number of amides is 1. The highest BCUT2D eigenvalue weighted by atomic mass is 16.5. The van der Waals surface area contributed by atoms with Crippen LogP contribution in [-0.2, 0) is 4.79 Å². The number of methoxy groups -OCH3 is 1. The summed E-state index contributed by atoms with van der Waals surface area (Å²) < 4.78 is 4.95. The van der Waals surface area contributed by atoms with Gasteiger partial charge in [-0.3, -0.25) is 4.79 Å². The first-order valence-electron chi connectivity index (χ1n) is 6.45. The van der Waals surface area contributed by atoms with E-state index in [4.69, 9.17) is 10.5 Å². The standard InChI is InChI=1S/C14H20N2O3/c1-19-12-4-3-10(7-11(12)17)16-13(18)8-14(9-15)5-2-6-14/h3-4,7,17H,2,5-6,8-9,15H2,1H3,(H,16,18). The Labute approximate surface area is 112 Å². The summed E-state index contributed by atoms with van der Waals surface area (Å²) in [5, 5.41) is 12.4. The number of ether oxygens (including phenoxy) is 1. The van der Waals surface area contributed by atoms with E-state index in [9.17, 15) is 9.90 Å². The predicted molar refractivity (Wildman–Crippen MR) is 73.2 cm³/mol. The van der Waals surface area contributed by atoms with E-state index in [-0.39, 0.29) is 17.1 Å². The van der Waals surface area contributed by atoms with E-state index in [1.807, 2.05) is 0 Å². The molecule has 1 aliphatic carbocycles. The van der Waals surface area contributed by atoms with E-state index >= 15 is 0 Å². The molecule has 1 saturated carbocycles. The van der Waals surface area contributed by atoms with Gasteiger partial charge in [0.05, 0.1) is 7.11 Å². The van der Waals surface area contributed by atoms with E-state index < -0.39 is 0 Å². The van der Waals surface area contributed by atoms with Crippen LogP contribution in [-0.4, -0.2) is 24.7 Å². The zero-order valence-electron chi connectivity index (χ0n) is 11.1. The summed E-state index contributed by atoms with van der Waals surface area (Å²) in [5.41, 5.74) is 6.29. The second kappa shape index (κ2) is 5.48. The summed E-state index contributed by atoms with van der Waals surface area (Å²) in [4.78, 5) is 12.0. The number of nitrogens with two attached hydrogens (primary N) is 1. The number of rotatable bonds is 5. The number of hydrogen-bond donors (Lipinski definition) is 3. The molecular formula is C14H20N2O3. The molecule has 0 unspecified atom stereocenters. The molecule has 5 heteroatoms. The molecule has 1 aromatic carbocycles. The number of phenols is 1. The fraction of sp³-hybridized carbons (Fsp3) is 0.500. The Hall–Kier alpha value is -1.75. The molecule has 1 amide bonds. The van der Waals surface area contributed by atoms with Gasteiger partial charge in [-0.25, -0.2) is 0 Å². The van der Waals surface area contributed by atoms with Gasteiger partial charge in [0, 0.05) is 18.2 Å². The van der Waals surface area contributed by atoms with Crippen molar-refractivity contribution in [2.75, 3.05) is 19.0 Å². The number of benzene rings is 1. The predicted octanol–water partition coefficient (Wildman–Crippen LogP) is 1.86. The second-order valence-corrected chi connectivity index (χ2v) is 5.17. The minimum Gasteiger partial charge on any atom is -0.504 e. The molecule has 0 spiro atoms. The van der Waals surface area contributed by atoms with Crippen molar-refractivity contribution in [2.45, 2.75) is 25.7 Å². The molecule has 2 rings (SSSR count). The van der Waals surface area contributed by atoms with E-state index in [0.29, 0.717) is 24.4 Å². The number of nitrogens with one attached hydrogen (secondary N) is 1. The number of phenolic OH excluding ortho intramolecular Hbond substituents is 1. The van der Waals surface area contributed by atoms with Crippen LogP contribution in [0.4, 0.5) is 5.69 Å². The summed E-state index contributed by atoms with van der Waals surface area (Å²) in [6.07, 6.45) is 3.62. The first kappa shape index (κ1) is 13.7. The maximum atomic E-state index is 12.0. The van der Waals surface area contributed by atoms with Gasteiger partial charge >= 0.3 is 0 Å². The van der Waals surface area contributed by atoms with Crippen LogP contribution in [0.15, 0.2) is 18.2 Å². The highest BCUT2D eigenvalue weighted by Gasteiger charge is 2.37. The van der Waals surface area contributed by atoms with Gasteiger partial charge in [0.25, 0.3) is 0 Å². The van der Waals surface area contributed by atoms with Crippen molar-refractivity contribution in [1.82, 2.24) is 0 Å². The van der Waals surface area contributed by atoms with E-state index in [0.717, 1.165) is 19.3 Å². The Balaban J connectivity index is 1.97. The molecule has 5 nitrogen and oxygen atoms in total. The molecule has 4 N–H and O–H groups in total. The topological polar surface area (TPSA) is 84.6 Å². The maximum absolute atomic E-state index is 12.0. The number of aromatic hydroxyl groups is 1. The normalized spacial score (nSPS) is 16.5. The molecule has 19 heavy (non-hydrogen) atoms. The first-order chi connectivity index (χ1) is 9.08. The van der Waals surface area contributed by atoms with Crippen LogP contribution in [0.5, 0.6) is 11.5 Å². The largest absolute Gasteiger partial charge is 0.504 e. The summed E-state index contributed by atoms with van der Waals surface area (Å²) in [6.45, 7) is 0.550. The second-order valence-electron chi connectivity index (χ2n) is 5.17. The number of carbonyl (C=O) groups excluding carboxylic acids is 1. The van der Waals surface area contributed by atoms with Gasteiger partial charge in [-0.1, -0.05) is 6.42 Å². The Morgan fingerprint density at radius 3 is 2.74 bits per heavy atom. The Morgan fingerprint density at radius 2 is 2.26 bits per heavy atom. The summed E-state index contributed by atoms with van der Waals surface area (Å²) >= 11 is 0. The van der Waals surface area contributed by atoms with Crippen LogP contribution in [0.2, 0.25) is 0 Å². The number of anilines is 1. The summed E-state index contributed by atoms with van der Waals surface area (Å²) in [7, 11) is 1.48. The smallest absolute Gasteiger partial charge is 0.224 e. The van der Waals surface area contributed by atoms with Crippen LogP contribution in [0.25, 0.3) is 0 Å². The third-order valence-corrected chi connectivity index (χ3v) is 3.85. The average molecular weight is 264 g/mol. The van der Waals surface area contributed by atoms with Crippen molar-refractivity contribution in [3.63, 3.8) is 0 Å². The Kier molecular flexibility index (Phi) is 3.95. The van der Waals surface area contributed by atoms with Crippen molar-refractivity contribution >= 4 is 11.6 Å². The quantitative estimate of drug-likeness (QED) is 0.757. The fourth-order valence-electron chi connectivity index (χ4n) is 2.44. The van der Waals surface area contributed by atoms with Gasteiger partial charge in [0.1, 0.15) is 0 Å². The van der Waals surface area contributed by atoms with Gasteiger partial charge in [-0.2, -0.15) is 0 Å². The van der Waals surface area contributed by atoms with Crippen LogP contribution >= 0.6 is 0 Å². The van der Waals surface area contributed by atoms with Crippen molar-refractivity contribution in [2.24, 2.45) is 11.1 Å². The lowest BCUT2D eigenvalue weighted by molar-refractivity contribution is -0.119. The van der Waals surface area contributed by atoms with Crippen molar-refractivity contribution in [1.29, 1.82) is 0 Å². The zero-order valence-corrected chi connectivity index (χ0v) is 11.1. The highest BCUT2D eigenvalue weighted by molar-refractivity contribution is 5.91. The molecule has 0 atom stereocenters. The van der Waals surface area contributed by atoms with Gasteiger partial charge < -0.3 is 20.9 Å². The van der Waals surface area contributed by atoms with Crippen molar-refractivity contribution in [3.05, 3.63) is 18.2 Å². The lowest BCUT2D eigenvalue weighted by atomic mass is 9.66. The lowest BCUT2D eigenvalue weighted by Gasteiger charge is -2.40. The molecule has 0 heterocycles. The molecule has 0 aliphatic heterocycles.